The van der Waals surface area contributed by atoms with E-state index in [-0.39, 0.29) is 17.0 Å². The summed E-state index contributed by atoms with van der Waals surface area (Å²) >= 11 is 0. The highest BCUT2D eigenvalue weighted by molar-refractivity contribution is 7.60. The number of benzene rings is 1. The number of phosphoric ester groups is 1. The number of non-ortho nitro benzene ring substituents is 1. The van der Waals surface area contributed by atoms with Gasteiger partial charge in [0, 0.05) is 0 Å². The first-order chi connectivity index (χ1) is 19.5. The molecule has 0 saturated carbocycles. The number of anilines is 1. The van der Waals surface area contributed by atoms with Gasteiger partial charge in [0.15, 0.2) is 23.8 Å². The Hall–Kier alpha value is -4.25. The third-order valence-electron chi connectivity index (χ3n) is 5.47. The monoisotopic (exact) mass is 638 g/mol. The average Bonchev–Trinajstić information content (AvgIpc) is 3.43. The third-order valence-corrected chi connectivity index (χ3v) is 7.63. The lowest BCUT2D eigenvalue weighted by molar-refractivity contribution is -0.404. The van der Waals surface area contributed by atoms with Gasteiger partial charge in [0.2, 0.25) is 0 Å². The standard InChI is InChI=1S/C16H16N8O16P2/c17-14-10-15(19-4-18-14)21(5-20-10)16-11(25)13(9(38-16)3-37-42(35,36)40-41(32,33)34)39-12-7(23(28)29)1-6(22(26)27)2-8(12)24(30)31/h1-2,4-5,9,11,13,16,25H,3H2,(H,35,36)(H2,17,18,19)(H2,32,33,34)/t9-,11+,13?,16-/m1/s1. The van der Waals surface area contributed by atoms with Crippen LogP contribution in [0.2, 0.25) is 0 Å². The molecule has 42 heavy (non-hydrogen) atoms. The molecule has 2 unspecified atom stereocenters. The minimum absolute atomic E-state index is 0.0296. The van der Waals surface area contributed by atoms with Crippen molar-refractivity contribution in [2.45, 2.75) is 24.5 Å². The van der Waals surface area contributed by atoms with Gasteiger partial charge in [0.05, 0.1) is 39.8 Å². The number of imidazole rings is 1. The van der Waals surface area contributed by atoms with Gasteiger partial charge in [-0.05, 0) is 0 Å². The fraction of sp³-hybridized carbons (Fsp3) is 0.312. The summed E-state index contributed by atoms with van der Waals surface area (Å²) in [7, 11) is -11.1. The Bertz CT molecular complexity index is 1640. The van der Waals surface area contributed by atoms with Crippen molar-refractivity contribution in [3.05, 3.63) is 55.1 Å². The number of hydrogen-bond donors (Lipinski definition) is 5. The van der Waals surface area contributed by atoms with E-state index in [0.29, 0.717) is 12.1 Å². The van der Waals surface area contributed by atoms with Crippen molar-refractivity contribution in [1.82, 2.24) is 19.5 Å². The smallest absolute Gasteiger partial charge is 0.473 e. The minimum atomic E-state index is -5.57. The summed E-state index contributed by atoms with van der Waals surface area (Å²) in [5, 5.41) is 45.7. The van der Waals surface area contributed by atoms with Crippen molar-refractivity contribution in [2.75, 3.05) is 12.3 Å². The molecule has 6 N–H and O–H groups in total. The molecule has 0 spiro atoms. The number of nitrogen functional groups attached to an aromatic ring is 1. The van der Waals surface area contributed by atoms with Crippen molar-refractivity contribution < 1.29 is 62.0 Å². The van der Waals surface area contributed by atoms with Gasteiger partial charge >= 0.3 is 27.0 Å². The molecule has 1 aromatic carbocycles. The molecule has 0 radical (unpaired) electrons. The summed E-state index contributed by atoms with van der Waals surface area (Å²) in [6.45, 7) is -1.18. The van der Waals surface area contributed by atoms with E-state index in [1.807, 2.05) is 0 Å². The van der Waals surface area contributed by atoms with E-state index < -0.39 is 84.4 Å². The molecule has 2 aromatic heterocycles. The van der Waals surface area contributed by atoms with Crippen LogP contribution in [0, 0.1) is 30.3 Å². The summed E-state index contributed by atoms with van der Waals surface area (Å²) in [6, 6.07) is 0.707. The Labute approximate surface area is 229 Å². The Morgan fingerprint density at radius 1 is 1.02 bits per heavy atom. The normalized spacial score (nSPS) is 22.1. The maximum Gasteiger partial charge on any atom is 0.481 e. The zero-order valence-corrected chi connectivity index (χ0v) is 21.9. The van der Waals surface area contributed by atoms with Crippen molar-refractivity contribution >= 4 is 49.7 Å². The molecule has 5 atom stereocenters. The molecular weight excluding hydrogens is 622 g/mol. The molecule has 1 aliphatic heterocycles. The quantitative estimate of drug-likeness (QED) is 0.105. The first-order valence-corrected chi connectivity index (χ1v) is 13.8. The van der Waals surface area contributed by atoms with Gasteiger partial charge in [-0.25, -0.2) is 24.1 Å². The van der Waals surface area contributed by atoms with E-state index in [1.54, 1.807) is 0 Å². The fourth-order valence-electron chi connectivity index (χ4n) is 3.83. The topological polar surface area (TPSA) is 351 Å². The second kappa shape index (κ2) is 11.2. The van der Waals surface area contributed by atoms with Crippen molar-refractivity contribution in [1.29, 1.82) is 0 Å². The summed E-state index contributed by atoms with van der Waals surface area (Å²) < 4.78 is 43.4. The Morgan fingerprint density at radius 2 is 1.64 bits per heavy atom. The van der Waals surface area contributed by atoms with Crippen LogP contribution >= 0.6 is 15.6 Å². The number of fused-ring (bicyclic) bond motifs is 1. The number of hydrogen-bond acceptors (Lipinski definition) is 17. The molecule has 4 rings (SSSR count). The lowest BCUT2D eigenvalue weighted by atomic mass is 10.1. The van der Waals surface area contributed by atoms with Gasteiger partial charge < -0.3 is 35.0 Å². The Kier molecular flexibility index (Phi) is 8.19. The zero-order chi connectivity index (χ0) is 31.1. The van der Waals surface area contributed by atoms with Crippen molar-refractivity contribution in [3.8, 4) is 5.75 Å². The van der Waals surface area contributed by atoms with Gasteiger partial charge in [-0.1, -0.05) is 0 Å². The molecular formula is C16H16N8O16P2. The highest BCUT2D eigenvalue weighted by atomic mass is 31.3. The molecule has 1 saturated heterocycles. The molecule has 1 fully saturated rings. The largest absolute Gasteiger partial charge is 0.481 e. The highest BCUT2D eigenvalue weighted by Crippen LogP contribution is 2.58. The predicted octanol–water partition coefficient (Wildman–Crippen LogP) is 0.0653. The number of aromatic nitrogens is 4. The molecule has 0 amide bonds. The molecule has 226 valence electrons. The first kappa shape index (κ1) is 30.7. The Morgan fingerprint density at radius 3 is 2.19 bits per heavy atom. The minimum Gasteiger partial charge on any atom is -0.473 e. The van der Waals surface area contributed by atoms with Crippen LogP contribution in [-0.4, -0.2) is 79.0 Å². The number of ether oxygens (including phenoxy) is 2. The van der Waals surface area contributed by atoms with Crippen molar-refractivity contribution in [3.63, 3.8) is 0 Å². The Balaban J connectivity index is 1.78. The summed E-state index contributed by atoms with van der Waals surface area (Å²) in [5.74, 6) is -1.26. The number of nitrogens with zero attached hydrogens (tertiary/aromatic N) is 7. The number of nitro benzene ring substituents is 3. The lowest BCUT2D eigenvalue weighted by Crippen LogP contribution is -2.39. The summed E-state index contributed by atoms with van der Waals surface area (Å²) in [6.07, 6.45) is -5.25. The van der Waals surface area contributed by atoms with Crippen LogP contribution < -0.4 is 10.5 Å². The summed E-state index contributed by atoms with van der Waals surface area (Å²) in [4.78, 5) is 69.9. The molecule has 3 heterocycles. The number of phosphoric acid groups is 2. The van der Waals surface area contributed by atoms with E-state index in [9.17, 15) is 49.5 Å². The molecule has 3 aromatic rings. The number of aliphatic hydroxyl groups is 1. The van der Waals surface area contributed by atoms with Crippen LogP contribution in [0.1, 0.15) is 6.23 Å². The molecule has 24 nitrogen and oxygen atoms in total. The van der Waals surface area contributed by atoms with Crippen LogP contribution in [0.25, 0.3) is 11.2 Å². The van der Waals surface area contributed by atoms with E-state index in [2.05, 4.69) is 23.8 Å². The maximum absolute atomic E-state index is 12.0. The highest BCUT2D eigenvalue weighted by Gasteiger charge is 2.50. The van der Waals surface area contributed by atoms with Crippen molar-refractivity contribution in [2.24, 2.45) is 0 Å². The van der Waals surface area contributed by atoms with Gasteiger partial charge in [-0.15, -0.1) is 0 Å². The number of aliphatic hydroxyl groups excluding tert-OH is 1. The fourth-order valence-corrected chi connectivity index (χ4v) is 5.43. The van der Waals surface area contributed by atoms with E-state index in [4.69, 9.17) is 25.0 Å². The molecule has 1 aliphatic rings. The first-order valence-electron chi connectivity index (χ1n) is 10.8. The second-order valence-electron chi connectivity index (χ2n) is 8.14. The van der Waals surface area contributed by atoms with E-state index in [1.165, 1.54) is 0 Å². The lowest BCUT2D eigenvalue weighted by Gasteiger charge is -2.22. The average molecular weight is 638 g/mol. The third kappa shape index (κ3) is 6.30. The molecule has 0 bridgehead atoms. The number of nitrogens with two attached hydrogens (primary N) is 1. The maximum atomic E-state index is 12.0. The van der Waals surface area contributed by atoms with E-state index >= 15 is 0 Å². The zero-order valence-electron chi connectivity index (χ0n) is 20.1. The van der Waals surface area contributed by atoms with Crippen LogP contribution in [0.3, 0.4) is 0 Å². The van der Waals surface area contributed by atoms with Gasteiger partial charge in [-0.3, -0.25) is 39.4 Å². The van der Waals surface area contributed by atoms with E-state index in [0.717, 1.165) is 17.2 Å². The SMILES string of the molecule is Nc1ncnc2c1ncn2[C@@H]1O[C@H](COP(=O)(O)OP(=O)(O)O)C(Oc2c([N+](=O)[O-])cc([N+](=O)[O-])cc2[N+](=O)[O-])[C@@H]1O. The van der Waals surface area contributed by atoms with Crippen LogP contribution in [0.15, 0.2) is 24.8 Å². The van der Waals surface area contributed by atoms with Gasteiger partial charge in [-0.2, -0.15) is 4.31 Å². The van der Waals surface area contributed by atoms with Crippen LogP contribution in [-0.2, 0) is 22.7 Å². The summed E-state index contributed by atoms with van der Waals surface area (Å²) in [5.41, 5.74) is 2.17. The van der Waals surface area contributed by atoms with Crippen LogP contribution in [0.4, 0.5) is 22.9 Å². The molecule has 0 aliphatic carbocycles. The van der Waals surface area contributed by atoms with Gasteiger partial charge in [0.1, 0.15) is 24.1 Å². The number of rotatable bonds is 11. The van der Waals surface area contributed by atoms with Crippen LogP contribution in [0.5, 0.6) is 5.75 Å². The van der Waals surface area contributed by atoms with Gasteiger partial charge in [0.25, 0.3) is 11.4 Å². The number of nitro groups is 3. The predicted molar refractivity (Wildman–Crippen MR) is 129 cm³/mol. The second-order valence-corrected chi connectivity index (χ2v) is 11.0. The molecule has 26 heteroatoms.